The van der Waals surface area contributed by atoms with Crippen molar-refractivity contribution in [2.45, 2.75) is 12.5 Å². The lowest BCUT2D eigenvalue weighted by atomic mass is 10.2. The van der Waals surface area contributed by atoms with E-state index < -0.39 is 0 Å². The standard InChI is InChI=1S/C10H10Cl2N2O/c11-7-1-2-9(12)10(5-7)15-6-8(14)3-4-13/h1-2,5,8H,3,6,14H2. The Labute approximate surface area is 98.3 Å². The van der Waals surface area contributed by atoms with Gasteiger partial charge in [0.05, 0.1) is 23.6 Å². The van der Waals surface area contributed by atoms with Crippen molar-refractivity contribution < 1.29 is 4.74 Å². The highest BCUT2D eigenvalue weighted by atomic mass is 35.5. The van der Waals surface area contributed by atoms with Crippen LogP contribution < -0.4 is 10.5 Å². The van der Waals surface area contributed by atoms with Gasteiger partial charge in [-0.15, -0.1) is 0 Å². The molecule has 0 spiro atoms. The lowest BCUT2D eigenvalue weighted by molar-refractivity contribution is 0.290. The van der Waals surface area contributed by atoms with Crippen molar-refractivity contribution in [3.05, 3.63) is 28.2 Å². The number of halogens is 2. The van der Waals surface area contributed by atoms with Gasteiger partial charge in [-0.05, 0) is 12.1 Å². The van der Waals surface area contributed by atoms with Gasteiger partial charge < -0.3 is 10.5 Å². The number of hydrogen-bond donors (Lipinski definition) is 1. The predicted octanol–water partition coefficient (Wildman–Crippen LogP) is 2.61. The van der Waals surface area contributed by atoms with Crippen LogP contribution in [0.4, 0.5) is 0 Å². The zero-order valence-electron chi connectivity index (χ0n) is 7.91. The van der Waals surface area contributed by atoms with Crippen molar-refractivity contribution in [1.29, 1.82) is 5.26 Å². The number of ether oxygens (including phenoxy) is 1. The van der Waals surface area contributed by atoms with Crippen LogP contribution in [0, 0.1) is 11.3 Å². The van der Waals surface area contributed by atoms with Crippen molar-refractivity contribution >= 4 is 23.2 Å². The van der Waals surface area contributed by atoms with E-state index in [1.165, 1.54) is 0 Å². The highest BCUT2D eigenvalue weighted by Gasteiger charge is 2.06. The van der Waals surface area contributed by atoms with E-state index in [-0.39, 0.29) is 19.1 Å². The van der Waals surface area contributed by atoms with Gasteiger partial charge in [-0.25, -0.2) is 0 Å². The van der Waals surface area contributed by atoms with Crippen LogP contribution in [0.5, 0.6) is 5.75 Å². The maximum absolute atomic E-state index is 8.40. The molecule has 2 N–H and O–H groups in total. The number of benzene rings is 1. The Morgan fingerprint density at radius 2 is 2.20 bits per heavy atom. The first-order valence-corrected chi connectivity index (χ1v) is 5.09. The minimum atomic E-state index is -0.315. The molecule has 1 unspecified atom stereocenters. The van der Waals surface area contributed by atoms with Crippen LogP contribution in [0.25, 0.3) is 0 Å². The Balaban J connectivity index is 2.57. The van der Waals surface area contributed by atoms with Gasteiger partial charge in [-0.2, -0.15) is 5.26 Å². The largest absolute Gasteiger partial charge is 0.490 e. The Kier molecular flexibility index (Phi) is 4.70. The first kappa shape index (κ1) is 12.1. The number of nitriles is 1. The highest BCUT2D eigenvalue weighted by Crippen LogP contribution is 2.27. The molecular formula is C10H10Cl2N2O. The average Bonchev–Trinajstić information content (AvgIpc) is 2.20. The van der Waals surface area contributed by atoms with Gasteiger partial charge in [0, 0.05) is 11.1 Å². The van der Waals surface area contributed by atoms with Crippen molar-refractivity contribution in [1.82, 2.24) is 0 Å². The van der Waals surface area contributed by atoms with Crippen molar-refractivity contribution in [2.24, 2.45) is 5.73 Å². The number of hydrogen-bond acceptors (Lipinski definition) is 3. The number of rotatable bonds is 4. The predicted molar refractivity (Wildman–Crippen MR) is 60.2 cm³/mol. The maximum atomic E-state index is 8.40. The van der Waals surface area contributed by atoms with E-state index >= 15 is 0 Å². The average molecular weight is 245 g/mol. The van der Waals surface area contributed by atoms with E-state index in [1.807, 2.05) is 6.07 Å². The molecular weight excluding hydrogens is 235 g/mol. The molecule has 0 radical (unpaired) electrons. The van der Waals surface area contributed by atoms with Gasteiger partial charge in [0.25, 0.3) is 0 Å². The molecule has 5 heteroatoms. The fourth-order valence-electron chi connectivity index (χ4n) is 0.961. The molecule has 3 nitrogen and oxygen atoms in total. The summed E-state index contributed by atoms with van der Waals surface area (Å²) in [7, 11) is 0. The Morgan fingerprint density at radius 1 is 1.47 bits per heavy atom. The molecule has 0 aromatic heterocycles. The molecule has 80 valence electrons. The molecule has 0 heterocycles. The van der Waals surface area contributed by atoms with Crippen LogP contribution in [0.1, 0.15) is 6.42 Å². The first-order chi connectivity index (χ1) is 7.13. The molecule has 1 rings (SSSR count). The summed E-state index contributed by atoms with van der Waals surface area (Å²) in [6.07, 6.45) is 0.248. The second kappa shape index (κ2) is 5.82. The summed E-state index contributed by atoms with van der Waals surface area (Å²) >= 11 is 11.6. The number of nitrogens with two attached hydrogens (primary N) is 1. The zero-order chi connectivity index (χ0) is 11.3. The van der Waals surface area contributed by atoms with Crippen molar-refractivity contribution in [2.75, 3.05) is 6.61 Å². The quantitative estimate of drug-likeness (QED) is 0.886. The third kappa shape index (κ3) is 3.96. The molecule has 0 amide bonds. The summed E-state index contributed by atoms with van der Waals surface area (Å²) in [6, 6.07) is 6.59. The minimum absolute atomic E-state index is 0.244. The van der Waals surface area contributed by atoms with Crippen LogP contribution in [0.15, 0.2) is 18.2 Å². The summed E-state index contributed by atoms with van der Waals surface area (Å²) in [5.41, 5.74) is 5.60. The lowest BCUT2D eigenvalue weighted by Gasteiger charge is -2.11. The molecule has 0 aliphatic carbocycles. The van der Waals surface area contributed by atoms with Gasteiger partial charge >= 0.3 is 0 Å². The normalized spacial score (nSPS) is 11.9. The van der Waals surface area contributed by atoms with Crippen LogP contribution in [0.2, 0.25) is 10.0 Å². The van der Waals surface area contributed by atoms with Crippen molar-refractivity contribution in [3.8, 4) is 11.8 Å². The molecule has 1 atom stereocenters. The summed E-state index contributed by atoms with van der Waals surface area (Å²) in [5, 5.41) is 9.42. The summed E-state index contributed by atoms with van der Waals surface area (Å²) < 4.78 is 5.34. The van der Waals surface area contributed by atoms with Crippen LogP contribution in [-0.2, 0) is 0 Å². The molecule has 0 aliphatic rings. The van der Waals surface area contributed by atoms with E-state index in [2.05, 4.69) is 0 Å². The van der Waals surface area contributed by atoms with Gasteiger partial charge in [-0.1, -0.05) is 23.2 Å². The lowest BCUT2D eigenvalue weighted by Crippen LogP contribution is -2.27. The zero-order valence-corrected chi connectivity index (χ0v) is 9.42. The van der Waals surface area contributed by atoms with E-state index in [9.17, 15) is 0 Å². The van der Waals surface area contributed by atoms with Crippen molar-refractivity contribution in [3.63, 3.8) is 0 Å². The number of nitrogens with zero attached hydrogens (tertiary/aromatic N) is 1. The fraction of sp³-hybridized carbons (Fsp3) is 0.300. The minimum Gasteiger partial charge on any atom is -0.490 e. The molecule has 0 saturated carbocycles. The molecule has 0 fully saturated rings. The third-order valence-corrected chi connectivity index (χ3v) is 2.25. The molecule has 1 aromatic carbocycles. The topological polar surface area (TPSA) is 59.0 Å². The summed E-state index contributed by atoms with van der Waals surface area (Å²) in [5.74, 6) is 0.484. The van der Waals surface area contributed by atoms with Gasteiger partial charge in [0.2, 0.25) is 0 Å². The monoisotopic (exact) mass is 244 g/mol. The van der Waals surface area contributed by atoms with Gasteiger partial charge in [-0.3, -0.25) is 0 Å². The van der Waals surface area contributed by atoms with E-state index in [0.717, 1.165) is 0 Å². The molecule has 0 bridgehead atoms. The van der Waals surface area contributed by atoms with Crippen LogP contribution in [0.3, 0.4) is 0 Å². The Bertz CT molecular complexity index is 376. The summed E-state index contributed by atoms with van der Waals surface area (Å²) in [6.45, 7) is 0.244. The Morgan fingerprint density at radius 3 is 2.87 bits per heavy atom. The highest BCUT2D eigenvalue weighted by molar-refractivity contribution is 6.34. The van der Waals surface area contributed by atoms with E-state index in [1.54, 1.807) is 18.2 Å². The second-order valence-corrected chi connectivity index (χ2v) is 3.85. The molecule has 0 aliphatic heterocycles. The maximum Gasteiger partial charge on any atom is 0.139 e. The van der Waals surface area contributed by atoms with Gasteiger partial charge in [0.1, 0.15) is 12.4 Å². The Hall–Kier alpha value is -0.950. The molecule has 15 heavy (non-hydrogen) atoms. The van der Waals surface area contributed by atoms with Crippen LogP contribution in [-0.4, -0.2) is 12.6 Å². The SMILES string of the molecule is N#CCC(N)COc1cc(Cl)ccc1Cl. The summed E-state index contributed by atoms with van der Waals surface area (Å²) in [4.78, 5) is 0. The third-order valence-electron chi connectivity index (χ3n) is 1.70. The van der Waals surface area contributed by atoms with E-state index in [4.69, 9.17) is 38.9 Å². The smallest absolute Gasteiger partial charge is 0.139 e. The first-order valence-electron chi connectivity index (χ1n) is 4.34. The molecule has 0 saturated heterocycles. The molecule has 1 aromatic rings. The van der Waals surface area contributed by atoms with E-state index in [0.29, 0.717) is 15.8 Å². The fourth-order valence-corrected chi connectivity index (χ4v) is 1.30. The van der Waals surface area contributed by atoms with Crippen LogP contribution >= 0.6 is 23.2 Å². The second-order valence-electron chi connectivity index (χ2n) is 3.01. The van der Waals surface area contributed by atoms with Gasteiger partial charge in [0.15, 0.2) is 0 Å².